The minimum absolute atomic E-state index is 0.346. The van der Waals surface area contributed by atoms with E-state index in [1.54, 1.807) is 15.7 Å². The van der Waals surface area contributed by atoms with E-state index in [2.05, 4.69) is 0 Å². The highest BCUT2D eigenvalue weighted by Crippen LogP contribution is 2.23. The highest BCUT2D eigenvalue weighted by molar-refractivity contribution is 7.86. The van der Waals surface area contributed by atoms with Crippen LogP contribution >= 0.6 is 0 Å². The molecule has 0 aliphatic carbocycles. The molecule has 1 atom stereocenters. The van der Waals surface area contributed by atoms with Crippen molar-refractivity contribution in [2.45, 2.75) is 44.9 Å². The lowest BCUT2D eigenvalue weighted by Crippen LogP contribution is -2.49. The fourth-order valence-electron chi connectivity index (χ4n) is 3.22. The zero-order valence-electron chi connectivity index (χ0n) is 12.6. The van der Waals surface area contributed by atoms with Crippen molar-refractivity contribution < 1.29 is 13.2 Å². The van der Waals surface area contributed by atoms with Crippen molar-refractivity contribution >= 4 is 10.2 Å². The first kappa shape index (κ1) is 16.2. The summed E-state index contributed by atoms with van der Waals surface area (Å²) in [6.07, 6.45) is 7.55. The summed E-state index contributed by atoms with van der Waals surface area (Å²) in [6, 6.07) is 0. The number of methoxy groups -OCH3 is 1. The maximum atomic E-state index is 12.8. The Morgan fingerprint density at radius 2 is 1.55 bits per heavy atom. The molecule has 0 amide bonds. The molecule has 0 aromatic heterocycles. The molecule has 118 valence electrons. The van der Waals surface area contributed by atoms with E-state index < -0.39 is 10.2 Å². The Labute approximate surface area is 123 Å². The first-order chi connectivity index (χ1) is 9.64. The minimum Gasteiger partial charge on any atom is -0.384 e. The van der Waals surface area contributed by atoms with Crippen LogP contribution < -0.4 is 0 Å². The monoisotopic (exact) mass is 304 g/mol. The van der Waals surface area contributed by atoms with Gasteiger partial charge in [0.2, 0.25) is 0 Å². The molecule has 0 aromatic rings. The lowest BCUT2D eigenvalue weighted by atomic mass is 10.0. The summed E-state index contributed by atoms with van der Waals surface area (Å²) < 4.78 is 34.1. The minimum atomic E-state index is -3.26. The molecular formula is C14H28N2O3S. The van der Waals surface area contributed by atoms with E-state index in [9.17, 15) is 8.42 Å². The zero-order chi connectivity index (χ0) is 14.4. The van der Waals surface area contributed by atoms with Gasteiger partial charge in [-0.05, 0) is 31.6 Å². The van der Waals surface area contributed by atoms with E-state index in [0.29, 0.717) is 38.7 Å². The fourth-order valence-corrected chi connectivity index (χ4v) is 5.03. The lowest BCUT2D eigenvalue weighted by Gasteiger charge is -2.35. The molecule has 0 saturated carbocycles. The number of hydrogen-bond acceptors (Lipinski definition) is 3. The summed E-state index contributed by atoms with van der Waals surface area (Å²) in [5.41, 5.74) is 0. The van der Waals surface area contributed by atoms with Crippen LogP contribution in [0.1, 0.15) is 44.9 Å². The van der Waals surface area contributed by atoms with Gasteiger partial charge in [0.05, 0.1) is 6.61 Å². The molecule has 20 heavy (non-hydrogen) atoms. The van der Waals surface area contributed by atoms with Gasteiger partial charge in [0.25, 0.3) is 10.2 Å². The molecule has 1 unspecified atom stereocenters. The molecule has 2 saturated heterocycles. The third-order valence-corrected chi connectivity index (χ3v) is 6.35. The van der Waals surface area contributed by atoms with Crippen molar-refractivity contribution in [3.05, 3.63) is 0 Å². The summed E-state index contributed by atoms with van der Waals surface area (Å²) in [6.45, 7) is 3.32. The van der Waals surface area contributed by atoms with Gasteiger partial charge in [-0.3, -0.25) is 0 Å². The van der Waals surface area contributed by atoms with Crippen molar-refractivity contribution in [1.29, 1.82) is 0 Å². The van der Waals surface area contributed by atoms with Crippen molar-refractivity contribution in [2.24, 2.45) is 5.92 Å². The van der Waals surface area contributed by atoms with E-state index in [1.165, 1.54) is 6.42 Å². The van der Waals surface area contributed by atoms with E-state index in [-0.39, 0.29) is 0 Å². The Morgan fingerprint density at radius 3 is 2.20 bits per heavy atom. The number of nitrogens with zero attached hydrogens (tertiary/aromatic N) is 2. The largest absolute Gasteiger partial charge is 0.384 e. The second kappa shape index (κ2) is 7.73. The summed E-state index contributed by atoms with van der Waals surface area (Å²) >= 11 is 0. The van der Waals surface area contributed by atoms with Crippen LogP contribution in [-0.2, 0) is 14.9 Å². The average Bonchev–Trinajstić information content (AvgIpc) is 2.38. The first-order valence-corrected chi connectivity index (χ1v) is 9.28. The molecule has 2 aliphatic heterocycles. The van der Waals surface area contributed by atoms with Crippen molar-refractivity contribution in [2.75, 3.05) is 39.9 Å². The molecule has 2 fully saturated rings. The Bertz CT molecular complexity index is 376. The standard InChI is InChI=1S/C14H28N2O3S/c1-19-13-14-8-7-11-16(12-14)20(17,18)15-9-5-3-2-4-6-10-15/h14H,2-13H2,1H3. The van der Waals surface area contributed by atoms with Gasteiger partial charge in [-0.15, -0.1) is 0 Å². The van der Waals surface area contributed by atoms with Crippen LogP contribution in [0.15, 0.2) is 0 Å². The Balaban J connectivity index is 2.00. The smallest absolute Gasteiger partial charge is 0.281 e. The van der Waals surface area contributed by atoms with Gasteiger partial charge in [-0.2, -0.15) is 17.0 Å². The van der Waals surface area contributed by atoms with E-state index in [1.807, 2.05) is 0 Å². The predicted octanol–water partition coefficient (Wildman–Crippen LogP) is 1.86. The van der Waals surface area contributed by atoms with Crippen LogP contribution in [0.3, 0.4) is 0 Å². The average molecular weight is 304 g/mol. The molecule has 2 aliphatic rings. The van der Waals surface area contributed by atoms with Crippen LogP contribution in [0.4, 0.5) is 0 Å². The van der Waals surface area contributed by atoms with Crippen LogP contribution in [-0.4, -0.2) is 56.9 Å². The van der Waals surface area contributed by atoms with Crippen LogP contribution in [0, 0.1) is 5.92 Å². The van der Waals surface area contributed by atoms with Crippen molar-refractivity contribution in [3.8, 4) is 0 Å². The van der Waals surface area contributed by atoms with Crippen LogP contribution in [0.2, 0.25) is 0 Å². The summed E-state index contributed by atoms with van der Waals surface area (Å²) in [4.78, 5) is 0. The summed E-state index contributed by atoms with van der Waals surface area (Å²) in [5.74, 6) is 0.346. The molecule has 6 heteroatoms. The quantitative estimate of drug-likeness (QED) is 0.796. The van der Waals surface area contributed by atoms with Crippen molar-refractivity contribution in [1.82, 2.24) is 8.61 Å². The molecule has 2 rings (SSSR count). The molecule has 2 heterocycles. The van der Waals surface area contributed by atoms with E-state index in [0.717, 1.165) is 38.5 Å². The maximum Gasteiger partial charge on any atom is 0.281 e. The fraction of sp³-hybridized carbons (Fsp3) is 1.00. The highest BCUT2D eigenvalue weighted by Gasteiger charge is 2.33. The molecule has 5 nitrogen and oxygen atoms in total. The molecule has 0 radical (unpaired) electrons. The van der Waals surface area contributed by atoms with Crippen LogP contribution in [0.5, 0.6) is 0 Å². The molecule has 0 aromatic carbocycles. The van der Waals surface area contributed by atoms with Gasteiger partial charge in [0.15, 0.2) is 0 Å². The molecule has 0 spiro atoms. The maximum absolute atomic E-state index is 12.8. The van der Waals surface area contributed by atoms with Gasteiger partial charge in [0, 0.05) is 33.3 Å². The lowest BCUT2D eigenvalue weighted by molar-refractivity contribution is 0.116. The number of hydrogen-bond donors (Lipinski definition) is 0. The number of ether oxygens (including phenoxy) is 1. The van der Waals surface area contributed by atoms with Crippen molar-refractivity contribution in [3.63, 3.8) is 0 Å². The Morgan fingerprint density at radius 1 is 0.950 bits per heavy atom. The van der Waals surface area contributed by atoms with Gasteiger partial charge in [0.1, 0.15) is 0 Å². The molecule has 0 bridgehead atoms. The van der Waals surface area contributed by atoms with Gasteiger partial charge in [-0.1, -0.05) is 19.3 Å². The summed E-state index contributed by atoms with van der Waals surface area (Å²) in [7, 11) is -1.58. The van der Waals surface area contributed by atoms with Gasteiger partial charge in [-0.25, -0.2) is 0 Å². The Kier molecular flexibility index (Phi) is 6.26. The normalized spacial score (nSPS) is 27.9. The van der Waals surface area contributed by atoms with Gasteiger partial charge < -0.3 is 4.74 Å². The topological polar surface area (TPSA) is 49.9 Å². The highest BCUT2D eigenvalue weighted by atomic mass is 32.2. The van der Waals surface area contributed by atoms with E-state index in [4.69, 9.17) is 4.74 Å². The third kappa shape index (κ3) is 4.16. The Hall–Kier alpha value is -0.170. The molecule has 0 N–H and O–H groups in total. The van der Waals surface area contributed by atoms with Crippen LogP contribution in [0.25, 0.3) is 0 Å². The van der Waals surface area contributed by atoms with Gasteiger partial charge >= 0.3 is 0 Å². The molecular weight excluding hydrogens is 276 g/mol. The number of piperidine rings is 1. The summed E-state index contributed by atoms with van der Waals surface area (Å²) in [5, 5.41) is 0. The zero-order valence-corrected chi connectivity index (χ0v) is 13.4. The SMILES string of the molecule is COCC1CCCN(S(=O)(=O)N2CCCCCCC2)C1. The second-order valence-electron chi connectivity index (χ2n) is 6.00. The van der Waals surface area contributed by atoms with E-state index >= 15 is 0 Å². The first-order valence-electron chi connectivity index (χ1n) is 7.89. The second-order valence-corrected chi connectivity index (χ2v) is 7.92. The predicted molar refractivity (Wildman–Crippen MR) is 79.8 cm³/mol. The third-order valence-electron chi connectivity index (χ3n) is 4.35. The number of rotatable bonds is 4.